The molecular weight excluding hydrogens is 630 g/mol. The van der Waals surface area contributed by atoms with Crippen molar-refractivity contribution >= 4 is 23.9 Å². The van der Waals surface area contributed by atoms with E-state index in [0.717, 1.165) is 52.9 Å². The maximum atomic E-state index is 5.06. The van der Waals surface area contributed by atoms with Crippen LogP contribution in [0.4, 0.5) is 0 Å². The molecule has 4 aliphatic rings. The van der Waals surface area contributed by atoms with E-state index < -0.39 is 25.6 Å². The Morgan fingerprint density at radius 2 is 0.480 bits per heavy atom. The van der Waals surface area contributed by atoms with Crippen molar-refractivity contribution in [2.24, 2.45) is 0 Å². The van der Waals surface area contributed by atoms with Gasteiger partial charge in [-0.15, -0.1) is 0 Å². The molecule has 4 nitrogen and oxygen atoms in total. The molecule has 4 saturated heterocycles. The molecule has 0 aromatic rings. The summed E-state index contributed by atoms with van der Waals surface area (Å²) >= 11 is -3.45. The van der Waals surface area contributed by atoms with Gasteiger partial charge in [0.15, 0.2) is 0 Å². The van der Waals surface area contributed by atoms with Gasteiger partial charge in [0.25, 0.3) is 0 Å². The van der Waals surface area contributed by atoms with E-state index in [9.17, 15) is 0 Å². The van der Waals surface area contributed by atoms with E-state index in [1.165, 1.54) is 51.4 Å². The van der Waals surface area contributed by atoms with Gasteiger partial charge in [-0.2, -0.15) is 0 Å². The third kappa shape index (κ3) is 31.3. The number of halogens is 4. The van der Waals surface area contributed by atoms with Crippen LogP contribution in [0.25, 0.3) is 0 Å². The first-order chi connectivity index (χ1) is 12.0. The topological polar surface area (TPSA) is 36.9 Å². The Morgan fingerprint density at radius 1 is 0.360 bits per heavy atom. The molecule has 4 heterocycles. The van der Waals surface area contributed by atoms with Crippen molar-refractivity contribution < 1.29 is 44.6 Å². The van der Waals surface area contributed by atoms with E-state index in [1.54, 1.807) is 0 Å². The molecule has 0 aromatic carbocycles. The van der Waals surface area contributed by atoms with Crippen LogP contribution < -0.4 is 0 Å². The first-order valence-electron chi connectivity index (χ1n) is 9.07. The quantitative estimate of drug-likeness (QED) is 0.322. The summed E-state index contributed by atoms with van der Waals surface area (Å²) in [6.45, 7) is 8.00. The molecule has 0 bridgehead atoms. The summed E-state index contributed by atoms with van der Waals surface area (Å²) in [7, 11) is 0. The molecule has 0 radical (unpaired) electrons. The van der Waals surface area contributed by atoms with Gasteiger partial charge < -0.3 is 18.9 Å². The standard InChI is InChI=1S/4C4H8O.4ClH.Th/c4*1-2-4-5-3-1;;;;;/h4*1-4H2;4*1H;/q;;;;;;;;+4/p-4. The second-order valence-electron chi connectivity index (χ2n) is 5.71. The molecule has 4 rings (SSSR count). The zero-order valence-corrected chi connectivity index (χ0v) is 22.1. The number of hydrogen-bond donors (Lipinski definition) is 0. The van der Waals surface area contributed by atoms with Crippen molar-refractivity contribution in [1.29, 1.82) is 0 Å². The van der Waals surface area contributed by atoms with Crippen LogP contribution in [0.5, 0.6) is 0 Å². The summed E-state index contributed by atoms with van der Waals surface area (Å²) in [5.74, 6) is 20.2. The van der Waals surface area contributed by atoms with Gasteiger partial charge >= 0.3 is 49.5 Å². The molecule has 0 atom stereocenters. The summed E-state index contributed by atoms with van der Waals surface area (Å²) in [5, 5.41) is 0. The molecule has 0 aliphatic carbocycles. The van der Waals surface area contributed by atoms with E-state index in [1.807, 2.05) is 0 Å². The van der Waals surface area contributed by atoms with Gasteiger partial charge in [-0.1, -0.05) is 0 Å². The molecule has 4 aliphatic heterocycles. The van der Waals surface area contributed by atoms with Crippen molar-refractivity contribution in [2.75, 3.05) is 52.9 Å². The van der Waals surface area contributed by atoms with Crippen molar-refractivity contribution in [2.45, 2.75) is 51.4 Å². The van der Waals surface area contributed by atoms with Gasteiger partial charge in [-0.25, -0.2) is 0 Å². The predicted octanol–water partition coefficient (Wildman–Crippen LogP) is 5.95. The van der Waals surface area contributed by atoms with Crippen molar-refractivity contribution in [1.82, 2.24) is 0 Å². The van der Waals surface area contributed by atoms with E-state index in [2.05, 4.69) is 0 Å². The van der Waals surface area contributed by atoms with Crippen molar-refractivity contribution in [3.8, 4) is 0 Å². The first kappa shape index (κ1) is 27.3. The average molecular weight is 662 g/mol. The van der Waals surface area contributed by atoms with Gasteiger partial charge in [-0.3, -0.25) is 0 Å². The van der Waals surface area contributed by atoms with Crippen LogP contribution in [0.1, 0.15) is 51.4 Å². The van der Waals surface area contributed by atoms with Crippen LogP contribution in [0.3, 0.4) is 0 Å². The summed E-state index contributed by atoms with van der Waals surface area (Å²) < 4.78 is 19.8. The van der Waals surface area contributed by atoms with E-state index in [0.29, 0.717) is 0 Å². The monoisotopic (exact) mass is 660 g/mol. The first-order valence-corrected chi connectivity index (χ1v) is 29.2. The molecule has 0 N–H and O–H groups in total. The Morgan fingerprint density at radius 3 is 0.520 bits per heavy atom. The second-order valence-corrected chi connectivity index (χ2v) is 40.8. The molecule has 0 spiro atoms. The fourth-order valence-corrected chi connectivity index (χ4v) is 2.04. The Kier molecular flexibility index (Phi) is 23.0. The number of ether oxygens (including phenoxy) is 4. The van der Waals surface area contributed by atoms with Crippen LogP contribution in [-0.4, -0.2) is 52.9 Å². The van der Waals surface area contributed by atoms with Crippen LogP contribution in [0, 0.1) is 25.6 Å². The average Bonchev–Trinajstić information content (AvgIpc) is 3.46. The van der Waals surface area contributed by atoms with Gasteiger partial charge in [0.05, 0.1) is 0 Å². The summed E-state index contributed by atoms with van der Waals surface area (Å²) in [6, 6.07) is 0. The van der Waals surface area contributed by atoms with E-state index in [4.69, 9.17) is 42.8 Å². The fourth-order valence-electron chi connectivity index (χ4n) is 2.04. The number of hydrogen-bond acceptors (Lipinski definition) is 4. The summed E-state index contributed by atoms with van der Waals surface area (Å²) in [5.41, 5.74) is 0. The molecule has 152 valence electrons. The summed E-state index contributed by atoms with van der Waals surface area (Å²) in [6.07, 6.45) is 10.2. The predicted molar refractivity (Wildman–Crippen MR) is 104 cm³/mol. The molecule has 4 fully saturated rings. The van der Waals surface area contributed by atoms with Crippen molar-refractivity contribution in [3.63, 3.8) is 0 Å². The van der Waals surface area contributed by atoms with E-state index >= 15 is 0 Å². The Labute approximate surface area is 170 Å². The van der Waals surface area contributed by atoms with Crippen LogP contribution in [-0.2, 0) is 18.9 Å². The second kappa shape index (κ2) is 21.0. The SMILES string of the molecule is C1CCOC1.C1CCOC1.C1CCOC1.C1CCOC1.[Cl][Th]([Cl])([Cl])[Cl]. The Bertz CT molecular complexity index is 179. The number of rotatable bonds is 0. The van der Waals surface area contributed by atoms with E-state index in [-0.39, 0.29) is 0 Å². The van der Waals surface area contributed by atoms with Crippen LogP contribution in [0.2, 0.25) is 0 Å². The normalized spacial score (nSPS) is 21.6. The maximum absolute atomic E-state index is 5.06. The van der Waals surface area contributed by atoms with Crippen LogP contribution in [0.15, 0.2) is 0 Å². The molecule has 0 unspecified atom stereocenters. The van der Waals surface area contributed by atoms with Crippen LogP contribution >= 0.6 is 23.9 Å². The minimum atomic E-state index is -3.45. The van der Waals surface area contributed by atoms with Gasteiger partial charge in [0.1, 0.15) is 0 Å². The van der Waals surface area contributed by atoms with Gasteiger partial charge in [0, 0.05) is 52.9 Å². The zero-order chi connectivity index (χ0) is 18.6. The third-order valence-corrected chi connectivity index (χ3v) is 3.31. The molecular formula is C16H32Cl4O4Th. The van der Waals surface area contributed by atoms with Gasteiger partial charge in [0.2, 0.25) is 0 Å². The molecule has 0 aromatic heterocycles. The zero-order valence-electron chi connectivity index (χ0n) is 15.0. The molecule has 0 saturated carbocycles. The summed E-state index contributed by atoms with van der Waals surface area (Å²) in [4.78, 5) is 0. The molecule has 9 heteroatoms. The van der Waals surface area contributed by atoms with Crippen molar-refractivity contribution in [3.05, 3.63) is 0 Å². The molecule has 0 amide bonds. The molecule has 25 heavy (non-hydrogen) atoms. The Hall–Kier alpha value is 2.32. The third-order valence-electron chi connectivity index (χ3n) is 3.31. The van der Waals surface area contributed by atoms with Gasteiger partial charge in [-0.05, 0) is 51.4 Å². The minimum absolute atomic E-state index is 1.00. The Balaban J connectivity index is 0.000000288. The fraction of sp³-hybridized carbons (Fsp3) is 1.00.